The minimum absolute atomic E-state index is 0.00538. The van der Waals surface area contributed by atoms with E-state index in [9.17, 15) is 0 Å². The van der Waals surface area contributed by atoms with Crippen molar-refractivity contribution in [1.29, 1.82) is 0 Å². The molecule has 0 amide bonds. The fourth-order valence-corrected chi connectivity index (χ4v) is 4.03. The van der Waals surface area contributed by atoms with Gasteiger partial charge in [0.2, 0.25) is 0 Å². The molecule has 0 bridgehead atoms. The highest BCUT2D eigenvalue weighted by molar-refractivity contribution is 5.58. The molecule has 4 rings (SSSR count). The highest BCUT2D eigenvalue weighted by Gasteiger charge is 2.23. The lowest BCUT2D eigenvalue weighted by molar-refractivity contribution is 0.128. The van der Waals surface area contributed by atoms with Gasteiger partial charge in [0.1, 0.15) is 17.6 Å². The number of hydrogen-bond donors (Lipinski definition) is 0. The second-order valence-electron chi connectivity index (χ2n) is 7.79. The number of hydrogen-bond acceptors (Lipinski definition) is 4. The molecule has 1 saturated heterocycles. The minimum atomic E-state index is 0.00538. The quantitative estimate of drug-likeness (QED) is 0.558. The first-order valence-electron chi connectivity index (χ1n) is 10.6. The van der Waals surface area contributed by atoms with Crippen LogP contribution in [0.1, 0.15) is 17.2 Å². The van der Waals surface area contributed by atoms with Crippen molar-refractivity contribution in [3.63, 3.8) is 0 Å². The molecule has 0 saturated carbocycles. The first-order chi connectivity index (χ1) is 14.7. The van der Waals surface area contributed by atoms with E-state index in [2.05, 4.69) is 77.4 Å². The van der Waals surface area contributed by atoms with Crippen LogP contribution in [-0.4, -0.2) is 44.7 Å². The zero-order chi connectivity index (χ0) is 20.8. The summed E-state index contributed by atoms with van der Waals surface area (Å²) in [5, 5.41) is 0. The van der Waals surface area contributed by atoms with Crippen LogP contribution in [0.4, 0.5) is 5.69 Å². The number of ether oxygens (including phenoxy) is 2. The minimum Gasteiger partial charge on any atom is -0.495 e. The molecule has 1 fully saturated rings. The van der Waals surface area contributed by atoms with Gasteiger partial charge in [-0.05, 0) is 42.3 Å². The molecule has 0 aromatic heterocycles. The van der Waals surface area contributed by atoms with Crippen molar-refractivity contribution >= 4 is 5.69 Å². The number of rotatable bonds is 7. The summed E-state index contributed by atoms with van der Waals surface area (Å²) in [4.78, 5) is 4.91. The second-order valence-corrected chi connectivity index (χ2v) is 7.79. The molecule has 1 aliphatic heterocycles. The van der Waals surface area contributed by atoms with Gasteiger partial charge >= 0.3 is 0 Å². The summed E-state index contributed by atoms with van der Waals surface area (Å²) in [5.41, 5.74) is 3.60. The van der Waals surface area contributed by atoms with Gasteiger partial charge in [-0.2, -0.15) is 0 Å². The Bertz CT molecular complexity index is 937. The molecule has 0 spiro atoms. The molecular weight excluding hydrogens is 372 g/mol. The number of nitrogens with zero attached hydrogens (tertiary/aromatic N) is 2. The van der Waals surface area contributed by atoms with E-state index in [0.29, 0.717) is 0 Å². The lowest BCUT2D eigenvalue weighted by atomic mass is 10.1. The summed E-state index contributed by atoms with van der Waals surface area (Å²) in [6.07, 6.45) is 0.00538. The Morgan fingerprint density at radius 1 is 0.833 bits per heavy atom. The van der Waals surface area contributed by atoms with Crippen molar-refractivity contribution in [2.24, 2.45) is 0 Å². The van der Waals surface area contributed by atoms with Crippen LogP contribution in [0.25, 0.3) is 0 Å². The van der Waals surface area contributed by atoms with Crippen molar-refractivity contribution in [2.75, 3.05) is 44.7 Å². The topological polar surface area (TPSA) is 24.9 Å². The average molecular weight is 403 g/mol. The zero-order valence-corrected chi connectivity index (χ0v) is 17.8. The molecule has 4 heteroatoms. The van der Waals surface area contributed by atoms with E-state index in [4.69, 9.17) is 9.47 Å². The van der Waals surface area contributed by atoms with Gasteiger partial charge in [0.15, 0.2) is 0 Å². The SMILES string of the molecule is COc1ccccc1N1CCN(CC(Oc2cccc(C)c2)c2ccccc2)CC1. The standard InChI is InChI=1S/C26H30N2O2/c1-21-9-8-12-23(19-21)30-26(22-10-4-3-5-11-22)20-27-15-17-28(18-16-27)24-13-6-7-14-25(24)29-2/h3-14,19,26H,15-18,20H2,1-2H3. The van der Waals surface area contributed by atoms with Crippen LogP contribution in [0.15, 0.2) is 78.9 Å². The van der Waals surface area contributed by atoms with Crippen LogP contribution in [-0.2, 0) is 0 Å². The van der Waals surface area contributed by atoms with Crippen LogP contribution in [0.3, 0.4) is 0 Å². The Morgan fingerprint density at radius 3 is 2.30 bits per heavy atom. The van der Waals surface area contributed by atoms with Gasteiger partial charge in [0.05, 0.1) is 12.8 Å². The van der Waals surface area contributed by atoms with Crippen molar-refractivity contribution < 1.29 is 9.47 Å². The maximum absolute atomic E-state index is 6.46. The molecule has 3 aromatic rings. The van der Waals surface area contributed by atoms with Crippen LogP contribution in [0, 0.1) is 6.92 Å². The first kappa shape index (κ1) is 20.3. The van der Waals surface area contributed by atoms with Crippen LogP contribution >= 0.6 is 0 Å². The number of benzene rings is 3. The lowest BCUT2D eigenvalue weighted by Gasteiger charge is -2.38. The third-order valence-corrected chi connectivity index (χ3v) is 5.66. The molecule has 0 aliphatic carbocycles. The van der Waals surface area contributed by atoms with Crippen molar-refractivity contribution in [1.82, 2.24) is 4.90 Å². The van der Waals surface area contributed by atoms with Gasteiger partial charge in [0.25, 0.3) is 0 Å². The van der Waals surface area contributed by atoms with Gasteiger partial charge in [-0.3, -0.25) is 4.90 Å². The molecule has 1 aliphatic rings. The zero-order valence-electron chi connectivity index (χ0n) is 17.8. The molecule has 1 heterocycles. The van der Waals surface area contributed by atoms with Crippen LogP contribution < -0.4 is 14.4 Å². The van der Waals surface area contributed by atoms with Crippen LogP contribution in [0.2, 0.25) is 0 Å². The summed E-state index contributed by atoms with van der Waals surface area (Å²) in [5.74, 6) is 1.87. The molecule has 1 atom stereocenters. The predicted octanol–water partition coefficient (Wildman–Crippen LogP) is 4.95. The monoisotopic (exact) mass is 402 g/mol. The van der Waals surface area contributed by atoms with E-state index in [1.807, 2.05) is 18.2 Å². The van der Waals surface area contributed by atoms with E-state index in [0.717, 1.165) is 44.2 Å². The highest BCUT2D eigenvalue weighted by atomic mass is 16.5. The Hall–Kier alpha value is -2.98. The number of piperazine rings is 1. The number of aryl methyl sites for hydroxylation is 1. The summed E-state index contributed by atoms with van der Waals surface area (Å²) in [6, 6.07) is 27.1. The van der Waals surface area contributed by atoms with Gasteiger partial charge in [0, 0.05) is 32.7 Å². The summed E-state index contributed by atoms with van der Waals surface area (Å²) < 4.78 is 12.0. The number of methoxy groups -OCH3 is 1. The van der Waals surface area contributed by atoms with E-state index >= 15 is 0 Å². The van der Waals surface area contributed by atoms with E-state index in [-0.39, 0.29) is 6.10 Å². The van der Waals surface area contributed by atoms with Crippen molar-refractivity contribution in [3.8, 4) is 11.5 Å². The maximum atomic E-state index is 6.46. The Balaban J connectivity index is 1.44. The smallest absolute Gasteiger partial charge is 0.142 e. The Morgan fingerprint density at radius 2 is 1.57 bits per heavy atom. The highest BCUT2D eigenvalue weighted by Crippen LogP contribution is 2.29. The van der Waals surface area contributed by atoms with Gasteiger partial charge < -0.3 is 14.4 Å². The Labute approximate surface area is 179 Å². The normalized spacial score (nSPS) is 15.6. The molecular formula is C26H30N2O2. The average Bonchev–Trinajstić information content (AvgIpc) is 2.80. The van der Waals surface area contributed by atoms with E-state index in [1.165, 1.54) is 16.8 Å². The van der Waals surface area contributed by atoms with Crippen molar-refractivity contribution in [2.45, 2.75) is 13.0 Å². The third-order valence-electron chi connectivity index (χ3n) is 5.66. The molecule has 156 valence electrons. The van der Waals surface area contributed by atoms with E-state index < -0.39 is 0 Å². The maximum Gasteiger partial charge on any atom is 0.142 e. The number of anilines is 1. The molecule has 0 radical (unpaired) electrons. The fourth-order valence-electron chi connectivity index (χ4n) is 4.03. The van der Waals surface area contributed by atoms with Crippen molar-refractivity contribution in [3.05, 3.63) is 90.0 Å². The molecule has 0 N–H and O–H groups in total. The van der Waals surface area contributed by atoms with E-state index in [1.54, 1.807) is 7.11 Å². The number of para-hydroxylation sites is 2. The summed E-state index contributed by atoms with van der Waals surface area (Å²) >= 11 is 0. The van der Waals surface area contributed by atoms with Gasteiger partial charge in [-0.25, -0.2) is 0 Å². The molecule has 30 heavy (non-hydrogen) atoms. The molecule has 3 aromatic carbocycles. The summed E-state index contributed by atoms with van der Waals surface area (Å²) in [7, 11) is 1.74. The molecule has 4 nitrogen and oxygen atoms in total. The van der Waals surface area contributed by atoms with Gasteiger partial charge in [-0.15, -0.1) is 0 Å². The van der Waals surface area contributed by atoms with Crippen LogP contribution in [0.5, 0.6) is 11.5 Å². The first-order valence-corrected chi connectivity index (χ1v) is 10.6. The second kappa shape index (κ2) is 9.68. The molecule has 1 unspecified atom stereocenters. The van der Waals surface area contributed by atoms with Gasteiger partial charge in [-0.1, -0.05) is 54.6 Å². The Kier molecular flexibility index (Phi) is 6.55. The summed E-state index contributed by atoms with van der Waals surface area (Å²) in [6.45, 7) is 6.93. The largest absolute Gasteiger partial charge is 0.495 e. The fraction of sp³-hybridized carbons (Fsp3) is 0.308. The lowest BCUT2D eigenvalue weighted by Crippen LogP contribution is -2.48. The predicted molar refractivity (Wildman–Crippen MR) is 123 cm³/mol. The third kappa shape index (κ3) is 4.95.